The van der Waals surface area contributed by atoms with E-state index in [2.05, 4.69) is 77.9 Å². The SMILES string of the molecule is CCOC(=O)c1cccc(N2C(=O)[C@@H]3[C@@H]4c5ccc(C(C)(C)C)cc5[C@H](c5ccc(C(C)(C)C)cc54)[C@H]3C2=O)c1. The maximum absolute atomic E-state index is 14.3. The molecule has 0 aromatic heterocycles. The molecule has 2 bridgehead atoms. The van der Waals surface area contributed by atoms with Crippen molar-refractivity contribution in [2.45, 2.75) is 71.1 Å². The molecule has 1 fully saturated rings. The van der Waals surface area contributed by atoms with Crippen molar-refractivity contribution in [3.63, 3.8) is 0 Å². The quantitative estimate of drug-likeness (QED) is 0.272. The van der Waals surface area contributed by atoms with E-state index in [0.29, 0.717) is 11.3 Å². The van der Waals surface area contributed by atoms with Gasteiger partial charge in [0.05, 0.1) is 29.7 Å². The van der Waals surface area contributed by atoms with Gasteiger partial charge >= 0.3 is 5.97 Å². The highest BCUT2D eigenvalue weighted by Crippen LogP contribution is 2.62. The van der Waals surface area contributed by atoms with Crippen LogP contribution in [0.5, 0.6) is 0 Å². The average molecular weight is 536 g/mol. The molecule has 3 aliphatic carbocycles. The molecule has 3 aromatic rings. The Morgan fingerprint density at radius 3 is 1.68 bits per heavy atom. The number of benzene rings is 3. The summed E-state index contributed by atoms with van der Waals surface area (Å²) in [5.74, 6) is -2.23. The van der Waals surface area contributed by atoms with Gasteiger partial charge in [0.1, 0.15) is 0 Å². The Morgan fingerprint density at radius 2 is 1.23 bits per heavy atom. The molecule has 4 aliphatic rings. The van der Waals surface area contributed by atoms with E-state index in [9.17, 15) is 14.4 Å². The van der Waals surface area contributed by atoms with Crippen molar-refractivity contribution >= 4 is 23.5 Å². The Labute approximate surface area is 236 Å². The molecule has 1 saturated heterocycles. The molecule has 0 N–H and O–H groups in total. The van der Waals surface area contributed by atoms with Gasteiger partial charge in [-0.2, -0.15) is 0 Å². The van der Waals surface area contributed by atoms with Crippen LogP contribution in [0, 0.1) is 11.8 Å². The molecule has 0 spiro atoms. The Balaban J connectivity index is 1.52. The lowest BCUT2D eigenvalue weighted by Crippen LogP contribution is -2.42. The molecule has 7 rings (SSSR count). The number of anilines is 1. The van der Waals surface area contributed by atoms with Gasteiger partial charge in [0.15, 0.2) is 0 Å². The summed E-state index contributed by atoms with van der Waals surface area (Å²) in [5.41, 5.74) is 7.75. The summed E-state index contributed by atoms with van der Waals surface area (Å²) in [5, 5.41) is 0. The fourth-order valence-electron chi connectivity index (χ4n) is 6.95. The molecule has 5 nitrogen and oxygen atoms in total. The van der Waals surface area contributed by atoms with Crippen molar-refractivity contribution in [1.29, 1.82) is 0 Å². The van der Waals surface area contributed by atoms with Gasteiger partial charge in [0.2, 0.25) is 11.8 Å². The Morgan fingerprint density at radius 1 is 0.725 bits per heavy atom. The summed E-state index contributed by atoms with van der Waals surface area (Å²) >= 11 is 0. The van der Waals surface area contributed by atoms with Gasteiger partial charge in [-0.3, -0.25) is 9.59 Å². The molecule has 5 heteroatoms. The van der Waals surface area contributed by atoms with Crippen molar-refractivity contribution in [1.82, 2.24) is 0 Å². The zero-order chi connectivity index (χ0) is 28.7. The number of ether oxygens (including phenoxy) is 1. The van der Waals surface area contributed by atoms with Crippen molar-refractivity contribution < 1.29 is 19.1 Å². The van der Waals surface area contributed by atoms with Crippen LogP contribution in [0.4, 0.5) is 5.69 Å². The molecule has 4 atom stereocenters. The molecular formula is C35H37NO4. The van der Waals surface area contributed by atoms with Crippen molar-refractivity contribution in [3.05, 3.63) is 99.6 Å². The number of hydrogen-bond donors (Lipinski definition) is 0. The summed E-state index contributed by atoms with van der Waals surface area (Å²) in [7, 11) is 0. The van der Waals surface area contributed by atoms with Crippen LogP contribution in [0.2, 0.25) is 0 Å². The molecule has 1 aliphatic heterocycles. The van der Waals surface area contributed by atoms with E-state index in [1.165, 1.54) is 16.0 Å². The molecule has 3 aromatic carbocycles. The van der Waals surface area contributed by atoms with E-state index in [1.807, 2.05) is 0 Å². The molecule has 206 valence electrons. The van der Waals surface area contributed by atoms with Crippen molar-refractivity contribution in [3.8, 4) is 0 Å². The van der Waals surface area contributed by atoms with Gasteiger partial charge in [0.25, 0.3) is 0 Å². The number of nitrogens with zero attached hydrogens (tertiary/aromatic N) is 1. The van der Waals surface area contributed by atoms with Gasteiger partial charge in [-0.1, -0.05) is 84.0 Å². The molecular weight excluding hydrogens is 498 g/mol. The third-order valence-electron chi connectivity index (χ3n) is 8.98. The van der Waals surface area contributed by atoms with Crippen LogP contribution in [0.3, 0.4) is 0 Å². The zero-order valence-electron chi connectivity index (χ0n) is 24.4. The zero-order valence-corrected chi connectivity index (χ0v) is 24.4. The highest BCUT2D eigenvalue weighted by Gasteiger charge is 2.62. The van der Waals surface area contributed by atoms with E-state index in [4.69, 9.17) is 4.74 Å². The fourth-order valence-corrected chi connectivity index (χ4v) is 6.95. The van der Waals surface area contributed by atoms with Crippen LogP contribution >= 0.6 is 0 Å². The number of rotatable bonds is 3. The van der Waals surface area contributed by atoms with Crippen LogP contribution in [-0.2, 0) is 25.2 Å². The Bertz CT molecular complexity index is 1480. The maximum atomic E-state index is 14.3. The van der Waals surface area contributed by atoms with Gasteiger partial charge < -0.3 is 4.74 Å². The predicted octanol–water partition coefficient (Wildman–Crippen LogP) is 6.85. The van der Waals surface area contributed by atoms with E-state index in [0.717, 1.165) is 22.3 Å². The van der Waals surface area contributed by atoms with Gasteiger partial charge in [-0.15, -0.1) is 0 Å². The topological polar surface area (TPSA) is 63.7 Å². The second-order valence-corrected chi connectivity index (χ2v) is 13.5. The van der Waals surface area contributed by atoms with Gasteiger partial charge in [0, 0.05) is 11.8 Å². The summed E-state index contributed by atoms with van der Waals surface area (Å²) in [6.07, 6.45) is 0. The normalized spacial score (nSPS) is 23.1. The standard InChI is InChI=1S/C35H37NO4/c1-8-40-33(39)19-10-9-11-22(16-19)36-31(37)29-27-24-15-13-21(35(5,6)7)18-26(24)28(30(29)32(36)38)23-14-12-20(17-25(23)27)34(2,3)4/h9-18,27-30H,8H2,1-7H3/t27-,28+,29-,30-/m1/s1. The third kappa shape index (κ3) is 3.85. The number of carbonyl (C=O) groups excluding carboxylic acids is 3. The monoisotopic (exact) mass is 535 g/mol. The molecule has 0 unspecified atom stereocenters. The summed E-state index contributed by atoms with van der Waals surface area (Å²) in [6, 6.07) is 20.0. The van der Waals surface area contributed by atoms with Crippen molar-refractivity contribution in [2.24, 2.45) is 11.8 Å². The van der Waals surface area contributed by atoms with E-state index in [1.54, 1.807) is 31.2 Å². The Hall–Kier alpha value is -3.73. The number of imide groups is 1. The minimum atomic E-state index is -0.487. The maximum Gasteiger partial charge on any atom is 0.338 e. The van der Waals surface area contributed by atoms with Crippen molar-refractivity contribution in [2.75, 3.05) is 11.5 Å². The third-order valence-corrected chi connectivity index (χ3v) is 8.98. The summed E-state index contributed by atoms with van der Waals surface area (Å²) in [6.45, 7) is 15.2. The summed E-state index contributed by atoms with van der Waals surface area (Å²) < 4.78 is 5.17. The molecule has 0 saturated carbocycles. The average Bonchev–Trinajstić information content (AvgIpc) is 3.17. The number of carbonyl (C=O) groups is 3. The van der Waals surface area contributed by atoms with Gasteiger partial charge in [-0.25, -0.2) is 9.69 Å². The number of amides is 2. The van der Waals surface area contributed by atoms with Crippen LogP contribution < -0.4 is 4.90 Å². The smallest absolute Gasteiger partial charge is 0.338 e. The van der Waals surface area contributed by atoms with E-state index >= 15 is 0 Å². The highest BCUT2D eigenvalue weighted by atomic mass is 16.5. The van der Waals surface area contributed by atoms with Crippen LogP contribution in [-0.4, -0.2) is 24.4 Å². The minimum absolute atomic E-state index is 0.0425. The minimum Gasteiger partial charge on any atom is -0.462 e. The molecule has 40 heavy (non-hydrogen) atoms. The first-order valence-corrected chi connectivity index (χ1v) is 14.3. The second-order valence-electron chi connectivity index (χ2n) is 13.5. The first-order valence-electron chi connectivity index (χ1n) is 14.3. The van der Waals surface area contributed by atoms with Gasteiger partial charge in [-0.05, 0) is 69.3 Å². The lowest BCUT2D eigenvalue weighted by Gasteiger charge is -2.47. The van der Waals surface area contributed by atoms with E-state index in [-0.39, 0.29) is 41.1 Å². The van der Waals surface area contributed by atoms with Crippen LogP contribution in [0.1, 0.15) is 104 Å². The second kappa shape index (κ2) is 8.89. The lowest BCUT2D eigenvalue weighted by atomic mass is 9.54. The van der Waals surface area contributed by atoms with E-state index < -0.39 is 17.8 Å². The number of esters is 1. The molecule has 2 amide bonds. The van der Waals surface area contributed by atoms with Crippen LogP contribution in [0.15, 0.2) is 60.7 Å². The summed E-state index contributed by atoms with van der Waals surface area (Å²) in [4.78, 5) is 42.3. The molecule has 0 radical (unpaired) electrons. The molecule has 1 heterocycles. The first kappa shape index (κ1) is 26.5. The highest BCUT2D eigenvalue weighted by molar-refractivity contribution is 6.23. The Kier molecular flexibility index (Phi) is 5.89. The lowest BCUT2D eigenvalue weighted by molar-refractivity contribution is -0.122. The number of hydrogen-bond acceptors (Lipinski definition) is 4. The first-order chi connectivity index (χ1) is 18.8. The fraction of sp³-hybridized carbons (Fsp3) is 0.400. The van der Waals surface area contributed by atoms with Crippen LogP contribution in [0.25, 0.3) is 0 Å². The predicted molar refractivity (Wildman–Crippen MR) is 156 cm³/mol. The largest absolute Gasteiger partial charge is 0.462 e.